The molecule has 2 heterocycles. The Kier molecular flexibility index (Phi) is 5.79. The van der Waals surface area contributed by atoms with E-state index < -0.39 is 0 Å². The first-order valence-corrected chi connectivity index (χ1v) is 8.35. The summed E-state index contributed by atoms with van der Waals surface area (Å²) in [5.41, 5.74) is 1.99. The molecule has 1 saturated heterocycles. The van der Waals surface area contributed by atoms with Gasteiger partial charge in [-0.3, -0.25) is 4.90 Å². The molecule has 2 aromatic rings. The van der Waals surface area contributed by atoms with E-state index in [1.165, 1.54) is 0 Å². The Bertz CT molecular complexity index is 677. The molecule has 128 valence electrons. The topological polar surface area (TPSA) is 75.2 Å². The van der Waals surface area contributed by atoms with Crippen molar-refractivity contribution in [2.24, 2.45) is 0 Å². The first kappa shape index (κ1) is 16.9. The molecule has 2 N–H and O–H groups in total. The van der Waals surface area contributed by atoms with Gasteiger partial charge >= 0.3 is 0 Å². The Morgan fingerprint density at radius 3 is 2.96 bits per heavy atom. The highest BCUT2D eigenvalue weighted by Crippen LogP contribution is 2.23. The summed E-state index contributed by atoms with van der Waals surface area (Å²) in [5.74, 6) is 1.14. The largest absolute Gasteiger partial charge is 0.379 e. The zero-order chi connectivity index (χ0) is 16.8. The molecule has 0 unspecified atom stereocenters. The average molecular weight is 349 g/mol. The summed E-state index contributed by atoms with van der Waals surface area (Å²) in [6.45, 7) is 7.24. The van der Waals surface area contributed by atoms with Crippen LogP contribution in [0.2, 0.25) is 5.02 Å². The van der Waals surface area contributed by atoms with E-state index in [9.17, 15) is 0 Å². The molecule has 8 heteroatoms. The molecule has 24 heavy (non-hydrogen) atoms. The summed E-state index contributed by atoms with van der Waals surface area (Å²) in [6, 6.07) is 5.68. The number of ether oxygens (including phenoxy) is 1. The molecule has 0 radical (unpaired) electrons. The van der Waals surface area contributed by atoms with Gasteiger partial charge in [-0.15, -0.1) is 5.10 Å². The number of morpholine rings is 1. The number of aromatic nitrogens is 3. The zero-order valence-electron chi connectivity index (χ0n) is 13.6. The van der Waals surface area contributed by atoms with Gasteiger partial charge in [-0.25, -0.2) is 0 Å². The first-order valence-electron chi connectivity index (χ1n) is 7.97. The molecular weight excluding hydrogens is 328 g/mol. The summed E-state index contributed by atoms with van der Waals surface area (Å²) in [4.78, 5) is 6.79. The van der Waals surface area contributed by atoms with Gasteiger partial charge in [-0.1, -0.05) is 17.7 Å². The molecule has 0 amide bonds. The molecular formula is C16H21ClN6O. The standard InChI is InChI=1S/C16H21ClN6O/c1-12-2-3-13(17)10-14(12)20-15-11-19-22-16(21-15)18-4-5-23-6-8-24-9-7-23/h2-3,10-11H,4-9H2,1H3,(H2,18,20,21,22). The van der Waals surface area contributed by atoms with Gasteiger partial charge in [0, 0.05) is 36.9 Å². The van der Waals surface area contributed by atoms with E-state index in [1.54, 1.807) is 6.20 Å². The monoisotopic (exact) mass is 348 g/mol. The fourth-order valence-corrected chi connectivity index (χ4v) is 2.63. The first-order chi connectivity index (χ1) is 11.7. The van der Waals surface area contributed by atoms with Crippen molar-refractivity contribution in [3.05, 3.63) is 35.0 Å². The number of benzene rings is 1. The van der Waals surface area contributed by atoms with E-state index in [-0.39, 0.29) is 0 Å². The second kappa shape index (κ2) is 8.23. The van der Waals surface area contributed by atoms with E-state index >= 15 is 0 Å². The Morgan fingerprint density at radius 2 is 2.12 bits per heavy atom. The van der Waals surface area contributed by atoms with Gasteiger partial charge in [-0.2, -0.15) is 10.1 Å². The van der Waals surface area contributed by atoms with Crippen LogP contribution in [0, 0.1) is 6.92 Å². The third kappa shape index (κ3) is 4.77. The van der Waals surface area contributed by atoms with E-state index in [4.69, 9.17) is 16.3 Å². The van der Waals surface area contributed by atoms with Gasteiger partial charge in [0.15, 0.2) is 5.82 Å². The molecule has 1 aromatic heterocycles. The average Bonchev–Trinajstić information content (AvgIpc) is 2.60. The maximum Gasteiger partial charge on any atom is 0.244 e. The van der Waals surface area contributed by atoms with Crippen LogP contribution < -0.4 is 10.6 Å². The van der Waals surface area contributed by atoms with Gasteiger partial charge in [0.05, 0.1) is 19.4 Å². The Labute approximate surface area is 146 Å². The third-order valence-corrected chi connectivity index (χ3v) is 4.07. The molecule has 7 nitrogen and oxygen atoms in total. The van der Waals surface area contributed by atoms with Crippen LogP contribution in [0.15, 0.2) is 24.4 Å². The van der Waals surface area contributed by atoms with Crippen molar-refractivity contribution in [3.63, 3.8) is 0 Å². The number of rotatable bonds is 6. The number of anilines is 3. The van der Waals surface area contributed by atoms with E-state index in [0.29, 0.717) is 16.8 Å². The van der Waals surface area contributed by atoms with Crippen molar-refractivity contribution in [1.82, 2.24) is 20.1 Å². The van der Waals surface area contributed by atoms with Crippen LogP contribution in [0.1, 0.15) is 5.56 Å². The van der Waals surface area contributed by atoms with Gasteiger partial charge in [-0.05, 0) is 24.6 Å². The van der Waals surface area contributed by atoms with Crippen LogP contribution in [0.5, 0.6) is 0 Å². The van der Waals surface area contributed by atoms with E-state index in [2.05, 4.69) is 30.7 Å². The minimum absolute atomic E-state index is 0.507. The number of nitrogens with zero attached hydrogens (tertiary/aromatic N) is 4. The maximum atomic E-state index is 6.04. The Morgan fingerprint density at radius 1 is 1.29 bits per heavy atom. The van der Waals surface area contributed by atoms with E-state index in [0.717, 1.165) is 50.6 Å². The van der Waals surface area contributed by atoms with Gasteiger partial charge in [0.2, 0.25) is 5.95 Å². The lowest BCUT2D eigenvalue weighted by molar-refractivity contribution is 0.0398. The smallest absolute Gasteiger partial charge is 0.244 e. The van der Waals surface area contributed by atoms with Crippen molar-refractivity contribution in [2.45, 2.75) is 6.92 Å². The fourth-order valence-electron chi connectivity index (χ4n) is 2.46. The van der Waals surface area contributed by atoms with Gasteiger partial charge < -0.3 is 15.4 Å². The van der Waals surface area contributed by atoms with Crippen LogP contribution in [-0.4, -0.2) is 59.5 Å². The molecule has 0 aliphatic carbocycles. The van der Waals surface area contributed by atoms with Crippen LogP contribution in [-0.2, 0) is 4.74 Å². The second-order valence-corrected chi connectivity index (χ2v) is 6.07. The Hall–Kier alpha value is -1.96. The summed E-state index contributed by atoms with van der Waals surface area (Å²) in [5, 5.41) is 15.1. The molecule has 1 aliphatic heterocycles. The maximum absolute atomic E-state index is 6.04. The molecule has 1 aliphatic rings. The second-order valence-electron chi connectivity index (χ2n) is 5.63. The predicted octanol–water partition coefficient (Wildman–Crippen LogP) is 2.32. The minimum Gasteiger partial charge on any atom is -0.379 e. The van der Waals surface area contributed by atoms with Crippen molar-refractivity contribution in [3.8, 4) is 0 Å². The van der Waals surface area contributed by atoms with Crippen LogP contribution >= 0.6 is 11.6 Å². The molecule has 0 atom stereocenters. The fraction of sp³-hybridized carbons (Fsp3) is 0.438. The normalized spacial score (nSPS) is 15.2. The molecule has 0 saturated carbocycles. The number of nitrogens with one attached hydrogen (secondary N) is 2. The Balaban J connectivity index is 1.56. The van der Waals surface area contributed by atoms with Crippen LogP contribution in [0.4, 0.5) is 17.5 Å². The summed E-state index contributed by atoms with van der Waals surface area (Å²) < 4.78 is 5.34. The van der Waals surface area contributed by atoms with Crippen LogP contribution in [0.3, 0.4) is 0 Å². The van der Waals surface area contributed by atoms with Crippen LogP contribution in [0.25, 0.3) is 0 Å². The minimum atomic E-state index is 0.507. The van der Waals surface area contributed by atoms with Crippen molar-refractivity contribution in [1.29, 1.82) is 0 Å². The predicted molar refractivity (Wildman–Crippen MR) is 95.0 cm³/mol. The molecule has 1 aromatic carbocycles. The van der Waals surface area contributed by atoms with Crippen molar-refractivity contribution >= 4 is 29.1 Å². The van der Waals surface area contributed by atoms with Gasteiger partial charge in [0.25, 0.3) is 0 Å². The molecule has 1 fully saturated rings. The molecule has 0 spiro atoms. The molecule has 3 rings (SSSR count). The SMILES string of the molecule is Cc1ccc(Cl)cc1Nc1cnnc(NCCN2CCOCC2)n1. The van der Waals surface area contributed by atoms with Crippen molar-refractivity contribution < 1.29 is 4.74 Å². The number of hydrogen-bond donors (Lipinski definition) is 2. The number of aryl methyl sites for hydroxylation is 1. The lowest BCUT2D eigenvalue weighted by Gasteiger charge is -2.26. The lowest BCUT2D eigenvalue weighted by atomic mass is 10.2. The number of hydrogen-bond acceptors (Lipinski definition) is 7. The zero-order valence-corrected chi connectivity index (χ0v) is 14.4. The molecule has 0 bridgehead atoms. The highest BCUT2D eigenvalue weighted by molar-refractivity contribution is 6.30. The third-order valence-electron chi connectivity index (χ3n) is 3.84. The highest BCUT2D eigenvalue weighted by Gasteiger charge is 2.10. The van der Waals surface area contributed by atoms with E-state index in [1.807, 2.05) is 25.1 Å². The number of halogens is 1. The summed E-state index contributed by atoms with van der Waals surface area (Å²) in [7, 11) is 0. The lowest BCUT2D eigenvalue weighted by Crippen LogP contribution is -2.39. The summed E-state index contributed by atoms with van der Waals surface area (Å²) >= 11 is 6.04. The summed E-state index contributed by atoms with van der Waals surface area (Å²) in [6.07, 6.45) is 1.59. The highest BCUT2D eigenvalue weighted by atomic mass is 35.5. The quantitative estimate of drug-likeness (QED) is 0.829. The van der Waals surface area contributed by atoms with Gasteiger partial charge in [0.1, 0.15) is 0 Å². The van der Waals surface area contributed by atoms with Crippen molar-refractivity contribution in [2.75, 3.05) is 50.0 Å².